The lowest BCUT2D eigenvalue weighted by molar-refractivity contribution is 0.0303. The number of hydrogen-bond donors (Lipinski definition) is 1. The van der Waals surface area contributed by atoms with Crippen LogP contribution >= 0.6 is 0 Å². The number of aromatic nitrogens is 1. The van der Waals surface area contributed by atoms with Crippen molar-refractivity contribution in [2.24, 2.45) is 5.92 Å². The molecule has 6 heteroatoms. The number of anilines is 1. The number of carbonyl (C=O) groups is 1. The maximum absolute atomic E-state index is 12.7. The third kappa shape index (κ3) is 4.34. The average molecular weight is 381 g/mol. The van der Waals surface area contributed by atoms with Crippen molar-refractivity contribution in [1.82, 2.24) is 9.88 Å². The van der Waals surface area contributed by atoms with E-state index < -0.39 is 0 Å². The van der Waals surface area contributed by atoms with Gasteiger partial charge in [-0.2, -0.15) is 0 Å². The van der Waals surface area contributed by atoms with Crippen LogP contribution in [-0.4, -0.2) is 60.3 Å². The summed E-state index contributed by atoms with van der Waals surface area (Å²) < 4.78 is 5.34. The molecule has 1 aromatic carbocycles. The molecule has 0 saturated carbocycles. The summed E-state index contributed by atoms with van der Waals surface area (Å²) in [7, 11) is 0. The lowest BCUT2D eigenvalue weighted by Gasteiger charge is -2.27. The van der Waals surface area contributed by atoms with Crippen molar-refractivity contribution in [3.05, 3.63) is 59.3 Å². The molecule has 1 atom stereocenters. The second kappa shape index (κ2) is 8.71. The quantitative estimate of drug-likeness (QED) is 0.859. The summed E-state index contributed by atoms with van der Waals surface area (Å²) in [6, 6.07) is 11.9. The van der Waals surface area contributed by atoms with Gasteiger partial charge in [-0.25, -0.2) is 4.98 Å². The summed E-state index contributed by atoms with van der Waals surface area (Å²) >= 11 is 0. The standard InChI is InChI=1S/C22H27N3O3/c26-16-18-3-1-17(2-4-18)13-19-6-8-25(15-19)21-14-20(5-7-23-21)22(27)24-9-11-28-12-10-24/h1-5,7,14,19,26H,6,8-13,15-16H2/t19-/m0/s1. The Labute approximate surface area is 165 Å². The Morgan fingerprint density at radius 2 is 1.86 bits per heavy atom. The van der Waals surface area contributed by atoms with Gasteiger partial charge in [-0.3, -0.25) is 4.79 Å². The highest BCUT2D eigenvalue weighted by Crippen LogP contribution is 2.26. The van der Waals surface area contributed by atoms with E-state index in [0.29, 0.717) is 37.8 Å². The normalized spacial score (nSPS) is 19.8. The Kier molecular flexibility index (Phi) is 5.88. The number of aliphatic hydroxyl groups excluding tert-OH is 1. The Morgan fingerprint density at radius 1 is 1.11 bits per heavy atom. The minimum absolute atomic E-state index is 0.0617. The highest BCUT2D eigenvalue weighted by molar-refractivity contribution is 5.95. The van der Waals surface area contributed by atoms with E-state index in [1.54, 1.807) is 12.3 Å². The Morgan fingerprint density at radius 3 is 2.61 bits per heavy atom. The van der Waals surface area contributed by atoms with Gasteiger partial charge < -0.3 is 19.6 Å². The van der Waals surface area contributed by atoms with Gasteiger partial charge in [0.25, 0.3) is 5.91 Å². The maximum atomic E-state index is 12.7. The summed E-state index contributed by atoms with van der Waals surface area (Å²) in [5.74, 6) is 1.52. The second-order valence-corrected chi connectivity index (χ2v) is 7.59. The molecule has 2 aliphatic heterocycles. The SMILES string of the molecule is O=C(c1ccnc(N2CC[C@@H](Cc3ccc(CO)cc3)C2)c1)N1CCOCC1. The lowest BCUT2D eigenvalue weighted by Crippen LogP contribution is -2.40. The molecule has 0 radical (unpaired) electrons. The average Bonchev–Trinajstić information content (AvgIpc) is 3.23. The number of ether oxygens (including phenoxy) is 1. The van der Waals surface area contributed by atoms with Gasteiger partial charge in [0.2, 0.25) is 0 Å². The number of pyridine rings is 1. The molecule has 0 spiro atoms. The fraction of sp³-hybridized carbons (Fsp3) is 0.455. The summed E-state index contributed by atoms with van der Waals surface area (Å²) in [5, 5.41) is 9.17. The first-order valence-corrected chi connectivity index (χ1v) is 9.99. The first-order chi connectivity index (χ1) is 13.7. The van der Waals surface area contributed by atoms with Gasteiger partial charge in [0.15, 0.2) is 0 Å². The number of aliphatic hydroxyl groups is 1. The number of carbonyl (C=O) groups excluding carboxylic acids is 1. The largest absolute Gasteiger partial charge is 0.392 e. The fourth-order valence-corrected chi connectivity index (χ4v) is 3.99. The van der Waals surface area contributed by atoms with Crippen LogP contribution in [0.2, 0.25) is 0 Å². The summed E-state index contributed by atoms with van der Waals surface area (Å²) in [6.45, 7) is 4.51. The van der Waals surface area contributed by atoms with Crippen LogP contribution in [0.1, 0.15) is 27.9 Å². The van der Waals surface area contributed by atoms with Crippen molar-refractivity contribution in [3.8, 4) is 0 Å². The summed E-state index contributed by atoms with van der Waals surface area (Å²) in [5.41, 5.74) is 2.95. The zero-order valence-corrected chi connectivity index (χ0v) is 16.1. The van der Waals surface area contributed by atoms with Crippen molar-refractivity contribution in [2.45, 2.75) is 19.4 Å². The van der Waals surface area contributed by atoms with Crippen LogP contribution in [0.5, 0.6) is 0 Å². The highest BCUT2D eigenvalue weighted by atomic mass is 16.5. The van der Waals surface area contributed by atoms with Crippen molar-refractivity contribution in [3.63, 3.8) is 0 Å². The second-order valence-electron chi connectivity index (χ2n) is 7.59. The van der Waals surface area contributed by atoms with Gasteiger partial charge in [-0.1, -0.05) is 24.3 Å². The predicted octanol–water partition coefficient (Wildman–Crippen LogP) is 2.12. The highest BCUT2D eigenvalue weighted by Gasteiger charge is 2.25. The van der Waals surface area contributed by atoms with E-state index >= 15 is 0 Å². The fourth-order valence-electron chi connectivity index (χ4n) is 3.99. The smallest absolute Gasteiger partial charge is 0.254 e. The van der Waals surface area contributed by atoms with Crippen molar-refractivity contribution < 1.29 is 14.6 Å². The van der Waals surface area contributed by atoms with Gasteiger partial charge >= 0.3 is 0 Å². The van der Waals surface area contributed by atoms with Crippen molar-refractivity contribution in [1.29, 1.82) is 0 Å². The molecule has 3 heterocycles. The monoisotopic (exact) mass is 381 g/mol. The van der Waals surface area contributed by atoms with Crippen LogP contribution < -0.4 is 4.90 Å². The zero-order chi connectivity index (χ0) is 19.3. The third-order valence-electron chi connectivity index (χ3n) is 5.63. The Hall–Kier alpha value is -2.44. The molecule has 1 N–H and O–H groups in total. The van der Waals surface area contributed by atoms with Gasteiger partial charge in [0, 0.05) is 37.9 Å². The molecular formula is C22H27N3O3. The van der Waals surface area contributed by atoms with E-state index in [2.05, 4.69) is 22.0 Å². The molecule has 2 fully saturated rings. The van der Waals surface area contributed by atoms with Crippen LogP contribution in [0.25, 0.3) is 0 Å². The van der Waals surface area contributed by atoms with Crippen LogP contribution in [0.4, 0.5) is 5.82 Å². The van der Waals surface area contributed by atoms with Crippen molar-refractivity contribution >= 4 is 11.7 Å². The Bertz CT molecular complexity index is 803. The minimum Gasteiger partial charge on any atom is -0.392 e. The van der Waals surface area contributed by atoms with Crippen LogP contribution in [-0.2, 0) is 17.8 Å². The van der Waals surface area contributed by atoms with Crippen molar-refractivity contribution in [2.75, 3.05) is 44.3 Å². The van der Waals surface area contributed by atoms with E-state index in [9.17, 15) is 9.90 Å². The molecule has 0 unspecified atom stereocenters. The molecule has 6 nitrogen and oxygen atoms in total. The number of rotatable bonds is 5. The van der Waals surface area contributed by atoms with E-state index in [-0.39, 0.29) is 12.5 Å². The van der Waals surface area contributed by atoms with E-state index in [1.807, 2.05) is 23.1 Å². The minimum atomic E-state index is 0.0617. The predicted molar refractivity (Wildman–Crippen MR) is 107 cm³/mol. The van der Waals surface area contributed by atoms with Gasteiger partial charge in [0.1, 0.15) is 5.82 Å². The third-order valence-corrected chi connectivity index (χ3v) is 5.63. The molecule has 0 aliphatic carbocycles. The van der Waals surface area contributed by atoms with Gasteiger partial charge in [-0.15, -0.1) is 0 Å². The molecule has 148 valence electrons. The molecule has 4 rings (SSSR count). The zero-order valence-electron chi connectivity index (χ0n) is 16.1. The molecule has 1 aromatic heterocycles. The van der Waals surface area contributed by atoms with Gasteiger partial charge in [-0.05, 0) is 42.0 Å². The molecule has 2 aliphatic rings. The summed E-state index contributed by atoms with van der Waals surface area (Å²) in [6.07, 6.45) is 3.88. The van der Waals surface area contributed by atoms with Crippen LogP contribution in [0.15, 0.2) is 42.6 Å². The maximum Gasteiger partial charge on any atom is 0.254 e. The molecule has 2 aromatic rings. The summed E-state index contributed by atoms with van der Waals surface area (Å²) in [4.78, 5) is 21.4. The lowest BCUT2D eigenvalue weighted by atomic mass is 9.98. The van der Waals surface area contributed by atoms with E-state index in [4.69, 9.17) is 4.74 Å². The van der Waals surface area contributed by atoms with E-state index in [0.717, 1.165) is 37.3 Å². The first-order valence-electron chi connectivity index (χ1n) is 9.99. The van der Waals surface area contributed by atoms with E-state index in [1.165, 1.54) is 5.56 Å². The molecule has 0 bridgehead atoms. The molecule has 2 saturated heterocycles. The first kappa shape index (κ1) is 18.9. The Balaban J connectivity index is 1.38. The number of benzene rings is 1. The number of hydrogen-bond acceptors (Lipinski definition) is 5. The number of morpholine rings is 1. The van der Waals surface area contributed by atoms with Gasteiger partial charge in [0.05, 0.1) is 19.8 Å². The number of nitrogens with zero attached hydrogens (tertiary/aromatic N) is 3. The molecule has 28 heavy (non-hydrogen) atoms. The van der Waals surface area contributed by atoms with Crippen LogP contribution in [0.3, 0.4) is 0 Å². The topological polar surface area (TPSA) is 65.9 Å². The molecular weight excluding hydrogens is 354 g/mol. The molecule has 1 amide bonds. The number of amides is 1. The van der Waals surface area contributed by atoms with Crippen LogP contribution in [0, 0.1) is 5.92 Å².